The summed E-state index contributed by atoms with van der Waals surface area (Å²) in [4.78, 5) is 12.4. The van der Waals surface area contributed by atoms with E-state index in [2.05, 4.69) is 15.5 Å². The van der Waals surface area contributed by atoms with Gasteiger partial charge in [-0.25, -0.2) is 4.39 Å². The topological polar surface area (TPSA) is 54.9 Å². The number of nitrogens with zero attached hydrogens (tertiary/aromatic N) is 2. The van der Waals surface area contributed by atoms with Crippen LogP contribution < -0.4 is 5.32 Å². The highest BCUT2D eigenvalue weighted by Crippen LogP contribution is 2.32. The number of anilines is 1. The number of aromatic nitrogens is 2. The van der Waals surface area contributed by atoms with Gasteiger partial charge in [-0.2, -0.15) is 0 Å². The molecule has 4 rings (SSSR count). The van der Waals surface area contributed by atoms with Gasteiger partial charge in [0.15, 0.2) is 0 Å². The van der Waals surface area contributed by atoms with Crippen molar-refractivity contribution in [2.75, 3.05) is 11.1 Å². The Morgan fingerprint density at radius 3 is 2.30 bits per heavy atom. The third-order valence-corrected chi connectivity index (χ3v) is 5.68. The highest BCUT2D eigenvalue weighted by Gasteiger charge is 2.13. The summed E-state index contributed by atoms with van der Waals surface area (Å²) in [5.74, 6) is -0.388. The van der Waals surface area contributed by atoms with Gasteiger partial charge in [0.1, 0.15) is 16.5 Å². The number of carbonyl (C=O) groups excluding carboxylic acids is 1. The molecule has 0 spiro atoms. The second-order valence-electron chi connectivity index (χ2n) is 6.40. The molecule has 0 aliphatic heterocycles. The van der Waals surface area contributed by atoms with Crippen LogP contribution in [0.5, 0.6) is 0 Å². The van der Waals surface area contributed by atoms with Crippen molar-refractivity contribution in [2.24, 2.45) is 0 Å². The minimum atomic E-state index is -0.310. The molecule has 0 radical (unpaired) electrons. The van der Waals surface area contributed by atoms with Crippen molar-refractivity contribution in [1.29, 1.82) is 0 Å². The Hall–Kier alpha value is -2.67. The van der Waals surface area contributed by atoms with E-state index in [4.69, 9.17) is 23.2 Å². The van der Waals surface area contributed by atoms with Crippen LogP contribution >= 0.6 is 35.0 Å². The Balaban J connectivity index is 1.55. The quantitative estimate of drug-likeness (QED) is 0.348. The van der Waals surface area contributed by atoms with E-state index in [-0.39, 0.29) is 17.5 Å². The predicted molar refractivity (Wildman–Crippen MR) is 121 cm³/mol. The molecule has 0 bridgehead atoms. The van der Waals surface area contributed by atoms with Gasteiger partial charge in [-0.3, -0.25) is 4.79 Å². The molecule has 0 aliphatic carbocycles. The molecule has 150 valence electrons. The van der Waals surface area contributed by atoms with Crippen molar-refractivity contribution < 1.29 is 9.18 Å². The molecule has 0 aliphatic rings. The first-order chi connectivity index (χ1) is 14.5. The number of thioether (sulfide) groups is 1. The maximum atomic E-state index is 13.3. The summed E-state index contributed by atoms with van der Waals surface area (Å²) in [6.07, 6.45) is 0. The first-order valence-electron chi connectivity index (χ1n) is 8.90. The fourth-order valence-corrected chi connectivity index (χ4v) is 4.26. The number of rotatable bonds is 5. The Bertz CT molecular complexity index is 1210. The molecule has 30 heavy (non-hydrogen) atoms. The van der Waals surface area contributed by atoms with E-state index < -0.39 is 0 Å². The van der Waals surface area contributed by atoms with Crippen molar-refractivity contribution in [3.63, 3.8) is 0 Å². The molecule has 8 heteroatoms. The van der Waals surface area contributed by atoms with Crippen LogP contribution in [-0.4, -0.2) is 21.9 Å². The van der Waals surface area contributed by atoms with E-state index in [0.717, 1.165) is 16.3 Å². The SMILES string of the molecule is O=C(CSc1nnc(-c2ccc(F)cc2)c2ccccc12)Nc1cc(Cl)cc(Cl)c1. The van der Waals surface area contributed by atoms with Crippen LogP contribution in [0.2, 0.25) is 10.0 Å². The summed E-state index contributed by atoms with van der Waals surface area (Å²) in [5.41, 5.74) is 1.96. The molecule has 1 N–H and O–H groups in total. The monoisotopic (exact) mass is 457 g/mol. The van der Waals surface area contributed by atoms with E-state index >= 15 is 0 Å². The summed E-state index contributed by atoms with van der Waals surface area (Å²) in [6.45, 7) is 0. The zero-order valence-electron chi connectivity index (χ0n) is 15.4. The van der Waals surface area contributed by atoms with Crippen LogP contribution in [0.25, 0.3) is 22.0 Å². The molecule has 4 aromatic rings. The fourth-order valence-electron chi connectivity index (χ4n) is 2.96. The minimum absolute atomic E-state index is 0.138. The minimum Gasteiger partial charge on any atom is -0.325 e. The van der Waals surface area contributed by atoms with Gasteiger partial charge in [-0.05, 0) is 42.5 Å². The lowest BCUT2D eigenvalue weighted by molar-refractivity contribution is -0.113. The smallest absolute Gasteiger partial charge is 0.234 e. The first-order valence-corrected chi connectivity index (χ1v) is 10.6. The number of carbonyl (C=O) groups is 1. The number of hydrogen-bond donors (Lipinski definition) is 1. The molecule has 0 saturated heterocycles. The Morgan fingerprint density at radius 1 is 0.933 bits per heavy atom. The lowest BCUT2D eigenvalue weighted by Gasteiger charge is -2.10. The van der Waals surface area contributed by atoms with E-state index in [1.807, 2.05) is 24.3 Å². The van der Waals surface area contributed by atoms with Crippen molar-refractivity contribution in [2.45, 2.75) is 5.03 Å². The number of nitrogens with one attached hydrogen (secondary N) is 1. The average Bonchev–Trinajstić information content (AvgIpc) is 2.72. The molecule has 1 aromatic heterocycles. The normalized spacial score (nSPS) is 10.9. The van der Waals surface area contributed by atoms with Crippen molar-refractivity contribution >= 4 is 57.3 Å². The van der Waals surface area contributed by atoms with Crippen LogP contribution in [0.4, 0.5) is 10.1 Å². The van der Waals surface area contributed by atoms with Crippen LogP contribution in [0.1, 0.15) is 0 Å². The van der Waals surface area contributed by atoms with E-state index in [9.17, 15) is 9.18 Å². The maximum absolute atomic E-state index is 13.3. The number of hydrogen-bond acceptors (Lipinski definition) is 4. The summed E-state index contributed by atoms with van der Waals surface area (Å²) >= 11 is 13.2. The molecule has 4 nitrogen and oxygen atoms in total. The second-order valence-corrected chi connectivity index (χ2v) is 8.24. The van der Waals surface area contributed by atoms with Crippen molar-refractivity contribution in [3.8, 4) is 11.3 Å². The van der Waals surface area contributed by atoms with Gasteiger partial charge in [0.2, 0.25) is 5.91 Å². The number of amides is 1. The summed E-state index contributed by atoms with van der Waals surface area (Å²) in [5, 5.41) is 14.7. The lowest BCUT2D eigenvalue weighted by Crippen LogP contribution is -2.14. The van der Waals surface area contributed by atoms with Gasteiger partial charge >= 0.3 is 0 Å². The van der Waals surface area contributed by atoms with Crippen molar-refractivity contribution in [1.82, 2.24) is 10.2 Å². The van der Waals surface area contributed by atoms with Gasteiger partial charge in [0.05, 0.1) is 5.75 Å². The van der Waals surface area contributed by atoms with Crippen LogP contribution in [0.15, 0.2) is 71.8 Å². The summed E-state index contributed by atoms with van der Waals surface area (Å²) < 4.78 is 13.3. The van der Waals surface area contributed by atoms with Gasteiger partial charge in [0.25, 0.3) is 0 Å². The zero-order chi connectivity index (χ0) is 21.1. The molecule has 3 aromatic carbocycles. The number of fused-ring (bicyclic) bond motifs is 1. The largest absolute Gasteiger partial charge is 0.325 e. The molecule has 1 amide bonds. The van der Waals surface area contributed by atoms with Crippen LogP contribution in [0, 0.1) is 5.82 Å². The maximum Gasteiger partial charge on any atom is 0.234 e. The Morgan fingerprint density at radius 2 is 1.60 bits per heavy atom. The number of halogens is 3. The highest BCUT2D eigenvalue weighted by molar-refractivity contribution is 8.00. The molecular formula is C22H14Cl2FN3OS. The van der Waals surface area contributed by atoms with Crippen LogP contribution in [-0.2, 0) is 4.79 Å². The standard InChI is InChI=1S/C22H14Cl2FN3OS/c23-14-9-15(24)11-17(10-14)26-20(29)12-30-22-19-4-2-1-3-18(19)21(27-28-22)13-5-7-16(25)8-6-13/h1-11H,12H2,(H,26,29). The zero-order valence-corrected chi connectivity index (χ0v) is 17.7. The summed E-state index contributed by atoms with van der Waals surface area (Å²) in [7, 11) is 0. The molecule has 0 unspecified atom stereocenters. The van der Waals surface area contributed by atoms with E-state index in [1.165, 1.54) is 23.9 Å². The van der Waals surface area contributed by atoms with Gasteiger partial charge < -0.3 is 5.32 Å². The van der Waals surface area contributed by atoms with Gasteiger partial charge in [0, 0.05) is 32.1 Å². The third-order valence-electron chi connectivity index (χ3n) is 4.26. The Labute approximate surface area is 186 Å². The predicted octanol–water partition coefficient (Wildman–Crippen LogP) is 6.47. The molecular weight excluding hydrogens is 444 g/mol. The second kappa shape index (κ2) is 9.00. The van der Waals surface area contributed by atoms with Gasteiger partial charge in [-0.1, -0.05) is 59.2 Å². The first kappa shape index (κ1) is 20.6. The van der Waals surface area contributed by atoms with E-state index in [0.29, 0.717) is 26.5 Å². The molecule has 0 atom stereocenters. The summed E-state index contributed by atoms with van der Waals surface area (Å²) in [6, 6.07) is 18.6. The molecule has 0 fully saturated rings. The van der Waals surface area contributed by atoms with Crippen LogP contribution in [0.3, 0.4) is 0 Å². The van der Waals surface area contributed by atoms with Crippen molar-refractivity contribution in [3.05, 3.63) is 82.6 Å². The third kappa shape index (κ3) is 4.73. The average molecular weight is 458 g/mol. The van der Waals surface area contributed by atoms with E-state index in [1.54, 1.807) is 30.3 Å². The molecule has 0 saturated carbocycles. The molecule has 1 heterocycles. The Kier molecular flexibility index (Phi) is 6.18. The number of benzene rings is 3. The fraction of sp³-hybridized carbons (Fsp3) is 0.0455. The lowest BCUT2D eigenvalue weighted by atomic mass is 10.1. The van der Waals surface area contributed by atoms with Gasteiger partial charge in [-0.15, -0.1) is 10.2 Å². The highest BCUT2D eigenvalue weighted by atomic mass is 35.5.